The molecule has 1 aromatic heterocycles. The molecule has 0 fully saturated rings. The topological polar surface area (TPSA) is 47.4 Å². The number of benzene rings is 2. The zero-order valence-electron chi connectivity index (χ0n) is 14.8. The number of amides is 1. The van der Waals surface area contributed by atoms with E-state index >= 15 is 0 Å². The quantitative estimate of drug-likeness (QED) is 0.728. The summed E-state index contributed by atoms with van der Waals surface area (Å²) in [6.07, 6.45) is 2.68. The minimum atomic E-state index is 0.0565. The number of carbonyl (C=O) groups excluding carboxylic acids is 1. The molecule has 132 valence electrons. The Hall–Kier alpha value is -2.92. The third-order valence-corrected chi connectivity index (χ3v) is 4.71. The highest BCUT2D eigenvalue weighted by molar-refractivity contribution is 5.94. The molecule has 0 aliphatic carbocycles. The molecule has 3 aromatic rings. The number of methoxy groups -OCH3 is 1. The number of aromatic nitrogens is 2. The van der Waals surface area contributed by atoms with Crippen molar-refractivity contribution in [2.75, 3.05) is 13.7 Å². The van der Waals surface area contributed by atoms with Gasteiger partial charge in [0.25, 0.3) is 5.91 Å². The van der Waals surface area contributed by atoms with Crippen molar-refractivity contribution in [3.63, 3.8) is 0 Å². The zero-order valence-corrected chi connectivity index (χ0v) is 14.8. The summed E-state index contributed by atoms with van der Waals surface area (Å²) in [4.78, 5) is 14.8. The summed E-state index contributed by atoms with van der Waals surface area (Å²) in [6.45, 7) is 1.80. The molecular formula is C21H21N3O2. The molecule has 0 spiro atoms. The highest BCUT2D eigenvalue weighted by Crippen LogP contribution is 2.23. The zero-order chi connectivity index (χ0) is 17.9. The fraction of sp³-hybridized carbons (Fsp3) is 0.238. The van der Waals surface area contributed by atoms with Gasteiger partial charge < -0.3 is 9.64 Å². The minimum absolute atomic E-state index is 0.0565. The van der Waals surface area contributed by atoms with Crippen molar-refractivity contribution >= 4 is 5.91 Å². The van der Waals surface area contributed by atoms with Crippen LogP contribution in [0.2, 0.25) is 0 Å². The molecule has 5 nitrogen and oxygen atoms in total. The van der Waals surface area contributed by atoms with Crippen molar-refractivity contribution in [2.24, 2.45) is 0 Å². The Morgan fingerprint density at radius 3 is 2.81 bits per heavy atom. The number of carbonyl (C=O) groups is 1. The highest BCUT2D eigenvalue weighted by Gasteiger charge is 2.25. The van der Waals surface area contributed by atoms with Crippen LogP contribution in [0.25, 0.3) is 5.69 Å². The molecular weight excluding hydrogens is 326 g/mol. The van der Waals surface area contributed by atoms with Crippen LogP contribution in [0.3, 0.4) is 0 Å². The van der Waals surface area contributed by atoms with E-state index in [1.807, 2.05) is 70.4 Å². The van der Waals surface area contributed by atoms with Crippen LogP contribution in [-0.4, -0.2) is 34.2 Å². The van der Waals surface area contributed by atoms with Crippen LogP contribution < -0.4 is 0 Å². The first kappa shape index (κ1) is 16.5. The molecule has 26 heavy (non-hydrogen) atoms. The summed E-state index contributed by atoms with van der Waals surface area (Å²) >= 11 is 0. The van der Waals surface area contributed by atoms with Crippen molar-refractivity contribution in [3.8, 4) is 5.69 Å². The second-order valence-electron chi connectivity index (χ2n) is 6.47. The van der Waals surface area contributed by atoms with E-state index in [2.05, 4.69) is 5.10 Å². The first-order valence-electron chi connectivity index (χ1n) is 8.74. The molecule has 0 radical (unpaired) electrons. The van der Waals surface area contributed by atoms with Crippen molar-refractivity contribution in [3.05, 3.63) is 83.2 Å². The van der Waals surface area contributed by atoms with Crippen LogP contribution in [0.5, 0.6) is 0 Å². The standard InChI is InChI=1S/C21H21N3O2/c1-26-15-16-6-5-7-17(12-16)21(25)23-11-10-20-18(14-23)13-22-24(20)19-8-3-2-4-9-19/h2-9,12-13H,10-11,14-15H2,1H3. The first-order chi connectivity index (χ1) is 12.8. The Bertz CT molecular complexity index is 918. The molecule has 0 unspecified atom stereocenters. The Kier molecular flexibility index (Phi) is 4.54. The molecule has 2 heterocycles. The van der Waals surface area contributed by atoms with E-state index in [9.17, 15) is 4.79 Å². The Morgan fingerprint density at radius 1 is 1.15 bits per heavy atom. The fourth-order valence-electron chi connectivity index (χ4n) is 3.44. The molecule has 1 aliphatic heterocycles. The van der Waals surface area contributed by atoms with E-state index in [0.29, 0.717) is 25.3 Å². The third kappa shape index (κ3) is 3.13. The van der Waals surface area contributed by atoms with Crippen molar-refractivity contribution < 1.29 is 9.53 Å². The number of para-hydroxylation sites is 1. The number of nitrogens with zero attached hydrogens (tertiary/aromatic N) is 3. The van der Waals surface area contributed by atoms with Gasteiger partial charge in [-0.25, -0.2) is 4.68 Å². The molecule has 1 amide bonds. The number of ether oxygens (including phenoxy) is 1. The van der Waals surface area contributed by atoms with E-state index in [1.54, 1.807) is 7.11 Å². The predicted octanol–water partition coefficient (Wildman–Crippen LogP) is 3.22. The summed E-state index contributed by atoms with van der Waals surface area (Å²) in [5.41, 5.74) is 5.07. The maximum atomic E-state index is 12.9. The summed E-state index contributed by atoms with van der Waals surface area (Å²) in [5.74, 6) is 0.0565. The molecule has 0 bridgehead atoms. The van der Waals surface area contributed by atoms with Gasteiger partial charge in [0.15, 0.2) is 0 Å². The van der Waals surface area contributed by atoms with Crippen LogP contribution in [0.15, 0.2) is 60.8 Å². The van der Waals surface area contributed by atoms with Gasteiger partial charge in [-0.2, -0.15) is 5.10 Å². The van der Waals surface area contributed by atoms with Crippen molar-refractivity contribution in [1.82, 2.24) is 14.7 Å². The van der Waals surface area contributed by atoms with Gasteiger partial charge in [0.2, 0.25) is 0 Å². The minimum Gasteiger partial charge on any atom is -0.380 e. The molecule has 1 aliphatic rings. The average Bonchev–Trinajstić information content (AvgIpc) is 3.12. The number of hydrogen-bond donors (Lipinski definition) is 0. The number of fused-ring (bicyclic) bond motifs is 1. The maximum Gasteiger partial charge on any atom is 0.254 e. The Labute approximate surface area is 152 Å². The van der Waals surface area contributed by atoms with E-state index in [-0.39, 0.29) is 5.91 Å². The van der Waals surface area contributed by atoms with E-state index in [0.717, 1.165) is 23.2 Å². The highest BCUT2D eigenvalue weighted by atomic mass is 16.5. The van der Waals surface area contributed by atoms with Gasteiger partial charge in [0.05, 0.1) is 24.2 Å². The first-order valence-corrected chi connectivity index (χ1v) is 8.74. The van der Waals surface area contributed by atoms with Crippen LogP contribution in [0, 0.1) is 0 Å². The lowest BCUT2D eigenvalue weighted by Crippen LogP contribution is -2.36. The lowest BCUT2D eigenvalue weighted by molar-refractivity contribution is 0.0733. The van der Waals surface area contributed by atoms with E-state index in [1.165, 1.54) is 5.69 Å². The Morgan fingerprint density at radius 2 is 2.00 bits per heavy atom. The van der Waals surface area contributed by atoms with Crippen LogP contribution in [-0.2, 0) is 24.3 Å². The molecule has 4 rings (SSSR count). The third-order valence-electron chi connectivity index (χ3n) is 4.71. The van der Waals surface area contributed by atoms with Crippen molar-refractivity contribution in [2.45, 2.75) is 19.6 Å². The van der Waals surface area contributed by atoms with Crippen molar-refractivity contribution in [1.29, 1.82) is 0 Å². The monoisotopic (exact) mass is 347 g/mol. The molecule has 0 N–H and O–H groups in total. The lowest BCUT2D eigenvalue weighted by atomic mass is 10.1. The van der Waals surface area contributed by atoms with Gasteiger partial charge in [-0.3, -0.25) is 4.79 Å². The summed E-state index contributed by atoms with van der Waals surface area (Å²) in [5, 5.41) is 4.54. The molecule has 0 atom stereocenters. The van der Waals surface area contributed by atoms with Gasteiger partial charge in [-0.15, -0.1) is 0 Å². The number of rotatable bonds is 4. The molecule has 2 aromatic carbocycles. The molecule has 0 saturated carbocycles. The average molecular weight is 347 g/mol. The van der Waals surface area contributed by atoms with Crippen LogP contribution in [0.4, 0.5) is 0 Å². The summed E-state index contributed by atoms with van der Waals surface area (Å²) in [6, 6.07) is 17.8. The lowest BCUT2D eigenvalue weighted by Gasteiger charge is -2.27. The largest absolute Gasteiger partial charge is 0.380 e. The second-order valence-corrected chi connectivity index (χ2v) is 6.47. The van der Waals surface area contributed by atoms with Gasteiger partial charge >= 0.3 is 0 Å². The Balaban J connectivity index is 1.55. The SMILES string of the molecule is COCc1cccc(C(=O)N2CCc3c(cnn3-c3ccccc3)C2)c1. The number of hydrogen-bond acceptors (Lipinski definition) is 3. The van der Waals surface area contributed by atoms with E-state index < -0.39 is 0 Å². The van der Waals surface area contributed by atoms with Gasteiger partial charge in [-0.1, -0.05) is 30.3 Å². The van der Waals surface area contributed by atoms with E-state index in [4.69, 9.17) is 4.74 Å². The fourth-order valence-corrected chi connectivity index (χ4v) is 3.44. The maximum absolute atomic E-state index is 12.9. The second kappa shape index (κ2) is 7.14. The smallest absolute Gasteiger partial charge is 0.254 e. The summed E-state index contributed by atoms with van der Waals surface area (Å²) < 4.78 is 7.15. The summed E-state index contributed by atoms with van der Waals surface area (Å²) in [7, 11) is 1.66. The van der Waals surface area contributed by atoms with Crippen LogP contribution in [0.1, 0.15) is 27.2 Å². The predicted molar refractivity (Wildman–Crippen MR) is 99.2 cm³/mol. The van der Waals surface area contributed by atoms with Gasteiger partial charge in [0.1, 0.15) is 0 Å². The molecule has 5 heteroatoms. The van der Waals surface area contributed by atoms with Crippen LogP contribution >= 0.6 is 0 Å². The normalized spacial score (nSPS) is 13.5. The molecule has 0 saturated heterocycles. The van der Waals surface area contributed by atoms with Gasteiger partial charge in [-0.05, 0) is 29.8 Å². The van der Waals surface area contributed by atoms with Gasteiger partial charge in [0, 0.05) is 37.7 Å².